The van der Waals surface area contributed by atoms with Gasteiger partial charge >= 0.3 is 12.1 Å². The first kappa shape index (κ1) is 12.5. The van der Waals surface area contributed by atoms with Crippen LogP contribution in [0.25, 0.3) is 0 Å². The van der Waals surface area contributed by atoms with Crippen molar-refractivity contribution in [2.45, 2.75) is 11.7 Å². The molecule has 1 rings (SSSR count). The van der Waals surface area contributed by atoms with Gasteiger partial charge in [-0.15, -0.1) is 11.3 Å². The van der Waals surface area contributed by atoms with Crippen molar-refractivity contribution in [3.8, 4) is 0 Å². The number of nitrogens with two attached hydrogens (primary N) is 1. The summed E-state index contributed by atoms with van der Waals surface area (Å²) in [6, 6.07) is 1.32. The van der Waals surface area contributed by atoms with Crippen LogP contribution >= 0.6 is 27.3 Å². The molecule has 1 heterocycles. The summed E-state index contributed by atoms with van der Waals surface area (Å²) in [5.74, 6) is -2.13. The second kappa shape index (κ2) is 3.76. The van der Waals surface area contributed by atoms with Crippen LogP contribution < -0.4 is 5.73 Å². The van der Waals surface area contributed by atoms with E-state index < -0.39 is 22.6 Å². The number of thiophene rings is 1. The fourth-order valence-corrected chi connectivity index (χ4v) is 2.73. The van der Waals surface area contributed by atoms with Gasteiger partial charge in [0.1, 0.15) is 0 Å². The third-order valence-corrected chi connectivity index (χ3v) is 3.73. The first-order valence-electron chi connectivity index (χ1n) is 3.53. The lowest BCUT2D eigenvalue weighted by Crippen LogP contribution is -2.56. The quantitative estimate of drug-likeness (QED) is 0.881. The average Bonchev–Trinajstić information content (AvgIpc) is 2.47. The van der Waals surface area contributed by atoms with Crippen molar-refractivity contribution in [3.05, 3.63) is 20.8 Å². The average molecular weight is 304 g/mol. The molecule has 0 fully saturated rings. The number of rotatable bonds is 2. The molecular weight excluding hydrogens is 299 g/mol. The summed E-state index contributed by atoms with van der Waals surface area (Å²) >= 11 is 3.47. The molecule has 0 amide bonds. The van der Waals surface area contributed by atoms with Crippen LogP contribution in [0.4, 0.5) is 13.2 Å². The normalized spacial score (nSPS) is 16.1. The largest absolute Gasteiger partial charge is 0.479 e. The Bertz CT molecular complexity index is 392. The maximum Gasteiger partial charge on any atom is 0.422 e. The number of carbonyl (C=O) groups is 1. The third kappa shape index (κ3) is 1.88. The van der Waals surface area contributed by atoms with Crippen LogP contribution in [0.5, 0.6) is 0 Å². The van der Waals surface area contributed by atoms with E-state index in [2.05, 4.69) is 15.9 Å². The summed E-state index contributed by atoms with van der Waals surface area (Å²) in [5, 5.41) is 9.93. The fourth-order valence-electron chi connectivity index (χ4n) is 0.922. The zero-order valence-corrected chi connectivity index (χ0v) is 9.41. The van der Waals surface area contributed by atoms with Gasteiger partial charge in [-0.05, 0) is 27.4 Å². The van der Waals surface area contributed by atoms with E-state index in [4.69, 9.17) is 10.8 Å². The van der Waals surface area contributed by atoms with Crippen LogP contribution in [-0.4, -0.2) is 17.3 Å². The fraction of sp³-hybridized carbons (Fsp3) is 0.286. The van der Waals surface area contributed by atoms with Crippen LogP contribution in [0.3, 0.4) is 0 Å². The predicted octanol–water partition coefficient (Wildman–Crippen LogP) is 2.31. The zero-order valence-electron chi connectivity index (χ0n) is 7.01. The molecule has 1 aromatic heterocycles. The molecule has 0 bridgehead atoms. The SMILES string of the molecule is NC(C(=O)O)(c1sccc1Br)C(F)(F)F. The summed E-state index contributed by atoms with van der Waals surface area (Å²) in [6.07, 6.45) is -5.05. The van der Waals surface area contributed by atoms with E-state index >= 15 is 0 Å². The van der Waals surface area contributed by atoms with E-state index in [-0.39, 0.29) is 4.47 Å². The van der Waals surface area contributed by atoms with Gasteiger partial charge in [0.2, 0.25) is 5.54 Å². The molecule has 0 aliphatic heterocycles. The van der Waals surface area contributed by atoms with Gasteiger partial charge in [-0.25, -0.2) is 4.79 Å². The van der Waals surface area contributed by atoms with Gasteiger partial charge in [0.05, 0.1) is 4.88 Å². The number of aliphatic carboxylic acids is 1. The molecule has 1 unspecified atom stereocenters. The van der Waals surface area contributed by atoms with Gasteiger partial charge in [-0.2, -0.15) is 13.2 Å². The Kier molecular flexibility index (Phi) is 3.13. The van der Waals surface area contributed by atoms with Gasteiger partial charge in [0.15, 0.2) is 0 Å². The lowest BCUT2D eigenvalue weighted by atomic mass is 9.98. The van der Waals surface area contributed by atoms with Crippen molar-refractivity contribution >= 4 is 33.2 Å². The molecule has 8 heteroatoms. The minimum Gasteiger partial charge on any atom is -0.479 e. The van der Waals surface area contributed by atoms with Gasteiger partial charge in [0, 0.05) is 4.47 Å². The third-order valence-electron chi connectivity index (χ3n) is 1.76. The minimum absolute atomic E-state index is 0.0368. The number of halogens is 4. The van der Waals surface area contributed by atoms with Crippen molar-refractivity contribution in [2.75, 3.05) is 0 Å². The van der Waals surface area contributed by atoms with Crippen molar-refractivity contribution in [3.63, 3.8) is 0 Å². The summed E-state index contributed by atoms with van der Waals surface area (Å²) in [4.78, 5) is 10.2. The van der Waals surface area contributed by atoms with Crippen molar-refractivity contribution in [2.24, 2.45) is 5.73 Å². The van der Waals surface area contributed by atoms with E-state index in [1.807, 2.05) is 0 Å². The van der Waals surface area contributed by atoms with Crippen molar-refractivity contribution in [1.29, 1.82) is 0 Å². The highest BCUT2D eigenvalue weighted by Gasteiger charge is 2.61. The maximum absolute atomic E-state index is 12.6. The Hall–Kier alpha value is -0.600. The Balaban J connectivity index is 3.39. The van der Waals surface area contributed by atoms with Gasteiger partial charge < -0.3 is 10.8 Å². The van der Waals surface area contributed by atoms with Gasteiger partial charge in [-0.1, -0.05) is 0 Å². The second-order valence-electron chi connectivity index (χ2n) is 2.71. The molecular formula is C7H5BrF3NO2S. The molecule has 3 N–H and O–H groups in total. The van der Waals surface area contributed by atoms with Crippen LogP contribution in [0, 0.1) is 0 Å². The molecule has 0 saturated heterocycles. The number of carboxylic acids is 1. The lowest BCUT2D eigenvalue weighted by molar-refractivity contribution is -0.204. The van der Waals surface area contributed by atoms with Crippen LogP contribution in [0.15, 0.2) is 15.9 Å². The van der Waals surface area contributed by atoms with E-state index in [0.717, 1.165) is 0 Å². The smallest absolute Gasteiger partial charge is 0.422 e. The van der Waals surface area contributed by atoms with Crippen molar-refractivity contribution in [1.82, 2.24) is 0 Å². The van der Waals surface area contributed by atoms with Crippen molar-refractivity contribution < 1.29 is 23.1 Å². The summed E-state index contributed by atoms with van der Waals surface area (Å²) in [6.45, 7) is 0. The first-order valence-corrected chi connectivity index (χ1v) is 5.21. The number of alkyl halides is 3. The Morgan fingerprint density at radius 1 is 1.53 bits per heavy atom. The Morgan fingerprint density at radius 2 is 2.07 bits per heavy atom. The lowest BCUT2D eigenvalue weighted by Gasteiger charge is -2.26. The molecule has 0 saturated carbocycles. The predicted molar refractivity (Wildman–Crippen MR) is 51.6 cm³/mol. The summed E-state index contributed by atoms with van der Waals surface area (Å²) in [5.41, 5.74) is 1.58. The standard InChI is InChI=1S/C7H5BrF3NO2S/c8-3-1-2-15-4(3)6(12,5(13)14)7(9,10)11/h1-2H,12H2,(H,13,14). The summed E-state index contributed by atoms with van der Waals surface area (Å²) < 4.78 is 37.8. The molecule has 3 nitrogen and oxygen atoms in total. The van der Waals surface area contributed by atoms with E-state index in [0.29, 0.717) is 11.3 Å². The molecule has 1 aromatic rings. The molecule has 0 radical (unpaired) electrons. The Labute approximate surface area is 94.8 Å². The molecule has 0 aromatic carbocycles. The summed E-state index contributed by atoms with van der Waals surface area (Å²) in [7, 11) is 0. The van der Waals surface area contributed by atoms with Crippen LogP contribution in [0.2, 0.25) is 0 Å². The number of carboxylic acid groups (broad SMARTS) is 1. The first-order chi connectivity index (χ1) is 6.71. The van der Waals surface area contributed by atoms with E-state index in [1.54, 1.807) is 0 Å². The molecule has 0 aliphatic rings. The topological polar surface area (TPSA) is 63.3 Å². The van der Waals surface area contributed by atoms with Crippen LogP contribution in [-0.2, 0) is 10.3 Å². The molecule has 1 atom stereocenters. The monoisotopic (exact) mass is 303 g/mol. The number of hydrogen-bond acceptors (Lipinski definition) is 3. The highest BCUT2D eigenvalue weighted by atomic mass is 79.9. The zero-order chi connectivity index (χ0) is 11.9. The van der Waals surface area contributed by atoms with E-state index in [9.17, 15) is 18.0 Å². The minimum atomic E-state index is -5.05. The highest BCUT2D eigenvalue weighted by molar-refractivity contribution is 9.10. The maximum atomic E-state index is 12.6. The second-order valence-corrected chi connectivity index (χ2v) is 4.48. The Morgan fingerprint density at radius 3 is 2.33 bits per heavy atom. The van der Waals surface area contributed by atoms with Gasteiger partial charge in [-0.3, -0.25) is 0 Å². The molecule has 0 aliphatic carbocycles. The van der Waals surface area contributed by atoms with Gasteiger partial charge in [0.25, 0.3) is 0 Å². The number of hydrogen-bond donors (Lipinski definition) is 2. The highest BCUT2D eigenvalue weighted by Crippen LogP contribution is 2.42. The molecule has 15 heavy (non-hydrogen) atoms. The molecule has 84 valence electrons. The van der Waals surface area contributed by atoms with Crippen LogP contribution in [0.1, 0.15) is 4.88 Å². The molecule has 0 spiro atoms. The van der Waals surface area contributed by atoms with E-state index in [1.165, 1.54) is 11.4 Å².